The first-order valence-electron chi connectivity index (χ1n) is 8.54. The molecule has 0 saturated carbocycles. The Bertz CT molecular complexity index is 1020. The highest BCUT2D eigenvalue weighted by Gasteiger charge is 2.20. The van der Waals surface area contributed by atoms with Crippen molar-refractivity contribution in [1.29, 1.82) is 0 Å². The fourth-order valence-electron chi connectivity index (χ4n) is 2.94. The van der Waals surface area contributed by atoms with E-state index >= 15 is 0 Å². The third-order valence-electron chi connectivity index (χ3n) is 4.28. The zero-order valence-electron chi connectivity index (χ0n) is 15.2. The molecule has 9 heteroatoms. The lowest BCUT2D eigenvalue weighted by Gasteiger charge is -2.16. The Hall–Kier alpha value is -3.49. The molecule has 1 aliphatic rings. The Morgan fingerprint density at radius 1 is 1.37 bits per heavy atom. The van der Waals surface area contributed by atoms with E-state index in [1.165, 1.54) is 6.20 Å². The molecule has 0 unspecified atom stereocenters. The number of hydrogen-bond donors (Lipinski definition) is 3. The van der Waals surface area contributed by atoms with Crippen LogP contribution in [0, 0.1) is 0 Å². The first-order chi connectivity index (χ1) is 13.1. The topological polar surface area (TPSA) is 102 Å². The minimum Gasteiger partial charge on any atom is -0.495 e. The number of carbonyl (C=O) groups is 1. The molecule has 3 aromatic rings. The van der Waals surface area contributed by atoms with Crippen molar-refractivity contribution in [3.05, 3.63) is 36.0 Å². The molecule has 140 valence electrons. The standard InChI is InChI=1S/C18H20N6O3/c1-10-9-27-11-4-5-14(26-3)13(6-11)22-15-7-16(19-2)24-17(23-15)12(8-20-24)18(25)21-10/h4-8,10,19H,9H2,1-3H3,(H,21,25)(H,22,23)/t10-/m1/s1. The van der Waals surface area contributed by atoms with E-state index in [2.05, 4.69) is 26.0 Å². The van der Waals surface area contributed by atoms with Gasteiger partial charge in [-0.1, -0.05) is 0 Å². The van der Waals surface area contributed by atoms with Gasteiger partial charge in [-0.05, 0) is 19.1 Å². The summed E-state index contributed by atoms with van der Waals surface area (Å²) in [6.07, 6.45) is 1.51. The fourth-order valence-corrected chi connectivity index (χ4v) is 2.94. The van der Waals surface area contributed by atoms with Gasteiger partial charge in [0.05, 0.1) is 25.0 Å². The van der Waals surface area contributed by atoms with Crippen molar-refractivity contribution in [2.24, 2.45) is 0 Å². The largest absolute Gasteiger partial charge is 0.495 e. The number of rotatable bonds is 2. The Kier molecular flexibility index (Phi) is 4.19. The molecule has 0 fully saturated rings. The number of nitrogens with zero attached hydrogens (tertiary/aromatic N) is 3. The van der Waals surface area contributed by atoms with Crippen LogP contribution in [0.15, 0.2) is 30.5 Å². The fraction of sp³-hybridized carbons (Fsp3) is 0.278. The van der Waals surface area contributed by atoms with E-state index in [-0.39, 0.29) is 11.9 Å². The summed E-state index contributed by atoms with van der Waals surface area (Å²) in [5.41, 5.74) is 1.55. The van der Waals surface area contributed by atoms with Crippen LogP contribution in [0.1, 0.15) is 17.3 Å². The van der Waals surface area contributed by atoms with E-state index < -0.39 is 0 Å². The highest BCUT2D eigenvalue weighted by molar-refractivity contribution is 6.00. The van der Waals surface area contributed by atoms with E-state index in [0.29, 0.717) is 46.6 Å². The van der Waals surface area contributed by atoms with Crippen molar-refractivity contribution in [3.8, 4) is 11.5 Å². The van der Waals surface area contributed by atoms with Gasteiger partial charge in [0.2, 0.25) is 0 Å². The number of aromatic nitrogens is 3. The summed E-state index contributed by atoms with van der Waals surface area (Å²) in [5, 5.41) is 13.5. The zero-order valence-corrected chi connectivity index (χ0v) is 15.2. The monoisotopic (exact) mass is 368 g/mol. The second kappa shape index (κ2) is 6.67. The molecular formula is C18H20N6O3. The van der Waals surface area contributed by atoms with E-state index in [0.717, 1.165) is 0 Å². The summed E-state index contributed by atoms with van der Waals surface area (Å²) in [5.74, 6) is 2.30. The molecular weight excluding hydrogens is 348 g/mol. The van der Waals surface area contributed by atoms with Crippen molar-refractivity contribution in [2.45, 2.75) is 13.0 Å². The van der Waals surface area contributed by atoms with Crippen molar-refractivity contribution < 1.29 is 14.3 Å². The maximum atomic E-state index is 12.7. The van der Waals surface area contributed by atoms with Crippen LogP contribution >= 0.6 is 0 Å². The molecule has 3 heterocycles. The molecule has 2 aromatic heterocycles. The van der Waals surface area contributed by atoms with E-state index in [9.17, 15) is 4.79 Å². The van der Waals surface area contributed by atoms with Crippen LogP contribution in [-0.4, -0.2) is 47.3 Å². The molecule has 1 aliphatic heterocycles. The third-order valence-corrected chi connectivity index (χ3v) is 4.28. The molecule has 4 rings (SSSR count). The van der Waals surface area contributed by atoms with Crippen LogP contribution in [0.2, 0.25) is 0 Å². The van der Waals surface area contributed by atoms with Gasteiger partial charge < -0.3 is 25.4 Å². The highest BCUT2D eigenvalue weighted by Crippen LogP contribution is 2.32. The molecule has 4 bridgehead atoms. The van der Waals surface area contributed by atoms with Crippen molar-refractivity contribution in [3.63, 3.8) is 0 Å². The van der Waals surface area contributed by atoms with Crippen molar-refractivity contribution >= 4 is 28.9 Å². The number of benzene rings is 1. The number of amides is 1. The summed E-state index contributed by atoms with van der Waals surface area (Å²) >= 11 is 0. The number of ether oxygens (including phenoxy) is 2. The number of fused-ring (bicyclic) bond motifs is 3. The van der Waals surface area contributed by atoms with Crippen LogP contribution < -0.4 is 25.4 Å². The molecule has 9 nitrogen and oxygen atoms in total. The average molecular weight is 368 g/mol. The lowest BCUT2D eigenvalue weighted by Crippen LogP contribution is -2.36. The van der Waals surface area contributed by atoms with Crippen LogP contribution in [0.25, 0.3) is 5.65 Å². The number of carbonyl (C=O) groups excluding carboxylic acids is 1. The van der Waals surface area contributed by atoms with Crippen LogP contribution in [0.4, 0.5) is 17.3 Å². The summed E-state index contributed by atoms with van der Waals surface area (Å²) < 4.78 is 12.8. The van der Waals surface area contributed by atoms with Gasteiger partial charge >= 0.3 is 0 Å². The first-order valence-corrected chi connectivity index (χ1v) is 8.54. The van der Waals surface area contributed by atoms with Gasteiger partial charge in [0.15, 0.2) is 5.65 Å². The molecule has 0 aliphatic carbocycles. The lowest BCUT2D eigenvalue weighted by atomic mass is 10.2. The molecule has 27 heavy (non-hydrogen) atoms. The molecule has 1 atom stereocenters. The van der Waals surface area contributed by atoms with E-state index in [1.54, 1.807) is 24.7 Å². The smallest absolute Gasteiger partial charge is 0.257 e. The predicted molar refractivity (Wildman–Crippen MR) is 101 cm³/mol. The number of anilines is 3. The highest BCUT2D eigenvalue weighted by atomic mass is 16.5. The number of methoxy groups -OCH3 is 1. The summed E-state index contributed by atoms with van der Waals surface area (Å²) in [6.45, 7) is 2.21. The minimum atomic E-state index is -0.253. The molecule has 0 spiro atoms. The maximum Gasteiger partial charge on any atom is 0.257 e. The Labute approximate surface area is 155 Å². The van der Waals surface area contributed by atoms with Crippen molar-refractivity contribution in [2.75, 3.05) is 31.4 Å². The van der Waals surface area contributed by atoms with Crippen LogP contribution in [0.3, 0.4) is 0 Å². The summed E-state index contributed by atoms with van der Waals surface area (Å²) in [6, 6.07) is 7.09. The second-order valence-electron chi connectivity index (χ2n) is 6.24. The molecule has 0 saturated heterocycles. The van der Waals surface area contributed by atoms with Crippen LogP contribution in [-0.2, 0) is 0 Å². The SMILES string of the molecule is CNc1cc2nc3c(cnn13)C(=O)N[C@H](C)COc1ccc(OC)c(c1)N2. The van der Waals surface area contributed by atoms with Gasteiger partial charge in [-0.3, -0.25) is 4.79 Å². The van der Waals surface area contributed by atoms with Gasteiger partial charge in [0.25, 0.3) is 5.91 Å². The van der Waals surface area contributed by atoms with E-state index in [4.69, 9.17) is 9.47 Å². The summed E-state index contributed by atoms with van der Waals surface area (Å²) in [7, 11) is 3.38. The maximum absolute atomic E-state index is 12.7. The Balaban J connectivity index is 1.91. The molecule has 3 N–H and O–H groups in total. The van der Waals surface area contributed by atoms with Gasteiger partial charge in [-0.2, -0.15) is 9.61 Å². The van der Waals surface area contributed by atoms with Gasteiger partial charge in [-0.25, -0.2) is 4.98 Å². The average Bonchev–Trinajstić information content (AvgIpc) is 3.09. The number of nitrogens with one attached hydrogen (secondary N) is 3. The summed E-state index contributed by atoms with van der Waals surface area (Å²) in [4.78, 5) is 17.3. The zero-order chi connectivity index (χ0) is 19.0. The lowest BCUT2D eigenvalue weighted by molar-refractivity contribution is 0.0928. The second-order valence-corrected chi connectivity index (χ2v) is 6.24. The van der Waals surface area contributed by atoms with Crippen molar-refractivity contribution in [1.82, 2.24) is 19.9 Å². The first kappa shape index (κ1) is 17.0. The number of hydrogen-bond acceptors (Lipinski definition) is 7. The molecule has 1 aromatic carbocycles. The Morgan fingerprint density at radius 2 is 2.22 bits per heavy atom. The van der Waals surface area contributed by atoms with E-state index in [1.807, 2.05) is 25.1 Å². The normalized spacial score (nSPS) is 16.4. The quantitative estimate of drug-likeness (QED) is 0.636. The Morgan fingerprint density at radius 3 is 3.00 bits per heavy atom. The van der Waals surface area contributed by atoms with Gasteiger partial charge in [0, 0.05) is 19.2 Å². The third kappa shape index (κ3) is 3.07. The van der Waals surface area contributed by atoms with Crippen LogP contribution in [0.5, 0.6) is 11.5 Å². The molecule has 0 radical (unpaired) electrons. The minimum absolute atomic E-state index is 0.196. The van der Waals surface area contributed by atoms with Gasteiger partial charge in [0.1, 0.15) is 35.3 Å². The molecule has 1 amide bonds. The van der Waals surface area contributed by atoms with Gasteiger partial charge in [-0.15, -0.1) is 0 Å². The predicted octanol–water partition coefficient (Wildman–Crippen LogP) is 2.03.